The minimum absolute atomic E-state index is 0.168. The summed E-state index contributed by atoms with van der Waals surface area (Å²) >= 11 is 1.40. The zero-order valence-electron chi connectivity index (χ0n) is 17.1. The molecule has 2 aromatic heterocycles. The fourth-order valence-electron chi connectivity index (χ4n) is 2.74. The van der Waals surface area contributed by atoms with Crippen molar-refractivity contribution in [3.63, 3.8) is 0 Å². The molecule has 30 heavy (non-hydrogen) atoms. The van der Waals surface area contributed by atoms with Gasteiger partial charge in [-0.25, -0.2) is 0 Å². The summed E-state index contributed by atoms with van der Waals surface area (Å²) in [6, 6.07) is 12.8. The molecule has 0 atom stereocenters. The molecule has 0 saturated heterocycles. The smallest absolute Gasteiger partial charge is 0.325 e. The van der Waals surface area contributed by atoms with E-state index < -0.39 is 11.6 Å². The normalized spacial score (nSPS) is 11.3. The van der Waals surface area contributed by atoms with E-state index in [1.165, 1.54) is 11.3 Å². The lowest BCUT2D eigenvalue weighted by Gasteiger charge is -2.19. The molecule has 1 aromatic carbocycles. The van der Waals surface area contributed by atoms with Crippen molar-refractivity contribution in [3.8, 4) is 10.7 Å². The van der Waals surface area contributed by atoms with Crippen LogP contribution >= 0.6 is 11.3 Å². The number of benzene rings is 1. The van der Waals surface area contributed by atoms with Crippen molar-refractivity contribution in [2.24, 2.45) is 0 Å². The molecule has 7 nitrogen and oxygen atoms in total. The predicted octanol–water partition coefficient (Wildman–Crippen LogP) is 3.11. The highest BCUT2D eigenvalue weighted by molar-refractivity contribution is 7.21. The van der Waals surface area contributed by atoms with Crippen LogP contribution in [0.5, 0.6) is 0 Å². The Bertz CT molecular complexity index is 1130. The largest absolute Gasteiger partial charge is 0.459 e. The molecule has 0 radical (unpaired) electrons. The average molecular weight is 426 g/mol. The molecule has 1 N–H and O–H groups in total. The monoisotopic (exact) mass is 425 g/mol. The number of ether oxygens (including phenoxy) is 1. The van der Waals surface area contributed by atoms with E-state index in [-0.39, 0.29) is 24.4 Å². The van der Waals surface area contributed by atoms with Gasteiger partial charge < -0.3 is 10.1 Å². The highest BCUT2D eigenvalue weighted by Gasteiger charge is 2.16. The maximum Gasteiger partial charge on any atom is 0.325 e. The number of amides is 1. The van der Waals surface area contributed by atoms with Crippen LogP contribution in [0.25, 0.3) is 20.8 Å². The van der Waals surface area contributed by atoms with E-state index in [4.69, 9.17) is 4.74 Å². The van der Waals surface area contributed by atoms with Gasteiger partial charge in [-0.3, -0.25) is 19.4 Å². The van der Waals surface area contributed by atoms with Crippen LogP contribution in [0.4, 0.5) is 0 Å². The van der Waals surface area contributed by atoms with Crippen LogP contribution in [-0.2, 0) is 20.7 Å². The topological polar surface area (TPSA) is 98.2 Å². The number of esters is 1. The first-order valence-electron chi connectivity index (χ1n) is 9.56. The summed E-state index contributed by atoms with van der Waals surface area (Å²) in [5, 5.41) is 3.68. The standard InChI is InChI=1S/C22H23N3O4S/c1-22(2,3)29-19(27)13-23-18(26)12-11-14-7-6-9-16(24-14)21-25-20(28)15-8-4-5-10-17(15)30-21/h4-10H,11-13H2,1-3H3,(H,23,26). The Kier molecular flexibility index (Phi) is 6.56. The van der Waals surface area contributed by atoms with Crippen molar-refractivity contribution in [3.05, 3.63) is 58.5 Å². The minimum Gasteiger partial charge on any atom is -0.459 e. The van der Waals surface area contributed by atoms with Crippen LogP contribution in [0, 0.1) is 0 Å². The summed E-state index contributed by atoms with van der Waals surface area (Å²) in [5.74, 6) is -0.741. The van der Waals surface area contributed by atoms with Gasteiger partial charge in [0.1, 0.15) is 17.2 Å². The van der Waals surface area contributed by atoms with Gasteiger partial charge in [-0.2, -0.15) is 4.98 Å². The first-order valence-corrected chi connectivity index (χ1v) is 10.4. The number of hydrogen-bond donors (Lipinski definition) is 1. The number of fused-ring (bicyclic) bond motifs is 1. The van der Waals surface area contributed by atoms with Gasteiger partial charge in [0.25, 0.3) is 5.56 Å². The molecule has 3 aromatic rings. The van der Waals surface area contributed by atoms with E-state index >= 15 is 0 Å². The number of rotatable bonds is 6. The third-order valence-corrected chi connectivity index (χ3v) is 5.08. The molecule has 2 heterocycles. The molecule has 8 heteroatoms. The Morgan fingerprint density at radius 2 is 1.83 bits per heavy atom. The lowest BCUT2D eigenvalue weighted by atomic mass is 10.2. The molecule has 3 rings (SSSR count). The van der Waals surface area contributed by atoms with E-state index in [2.05, 4.69) is 15.3 Å². The van der Waals surface area contributed by atoms with Crippen molar-refractivity contribution >= 4 is 33.3 Å². The number of aromatic nitrogens is 2. The number of pyridine rings is 1. The summed E-state index contributed by atoms with van der Waals surface area (Å²) < 4.78 is 6.01. The maximum absolute atomic E-state index is 12.3. The summed E-state index contributed by atoms with van der Waals surface area (Å²) in [6.45, 7) is 5.14. The van der Waals surface area contributed by atoms with E-state index in [1.54, 1.807) is 32.9 Å². The molecule has 0 aliphatic carbocycles. The Morgan fingerprint density at radius 3 is 2.60 bits per heavy atom. The van der Waals surface area contributed by atoms with Crippen LogP contribution in [0.3, 0.4) is 0 Å². The Morgan fingerprint density at radius 1 is 1.07 bits per heavy atom. The Hall–Kier alpha value is -3.13. The quantitative estimate of drug-likeness (QED) is 0.610. The van der Waals surface area contributed by atoms with Gasteiger partial charge in [0.2, 0.25) is 5.91 Å². The maximum atomic E-state index is 12.3. The lowest BCUT2D eigenvalue weighted by molar-refractivity contribution is -0.154. The molecule has 0 unspecified atom stereocenters. The van der Waals surface area contributed by atoms with Gasteiger partial charge in [0.15, 0.2) is 0 Å². The molecule has 0 aliphatic rings. The zero-order valence-corrected chi connectivity index (χ0v) is 17.9. The molecule has 156 valence electrons. The van der Waals surface area contributed by atoms with Crippen molar-refractivity contribution < 1.29 is 14.3 Å². The SMILES string of the molecule is CC(C)(C)OC(=O)CNC(=O)CCc1cccc(-c2nc(=O)c3ccccc3s2)n1. The second-order valence-corrected chi connectivity index (χ2v) is 8.73. The molecule has 0 fully saturated rings. The third-order valence-electron chi connectivity index (χ3n) is 4.01. The van der Waals surface area contributed by atoms with Crippen molar-refractivity contribution in [1.29, 1.82) is 0 Å². The van der Waals surface area contributed by atoms with E-state index in [0.717, 1.165) is 4.70 Å². The first-order chi connectivity index (χ1) is 14.2. The number of carbonyl (C=O) groups excluding carboxylic acids is 2. The number of aryl methyl sites for hydroxylation is 1. The molecular weight excluding hydrogens is 402 g/mol. The Balaban J connectivity index is 1.63. The van der Waals surface area contributed by atoms with Gasteiger partial charge in [-0.15, -0.1) is 11.3 Å². The summed E-state index contributed by atoms with van der Waals surface area (Å²) in [5.41, 5.74) is 0.422. The number of carbonyl (C=O) groups is 2. The first kappa shape index (κ1) is 21.6. The van der Waals surface area contributed by atoms with Crippen LogP contribution in [-0.4, -0.2) is 34.0 Å². The van der Waals surface area contributed by atoms with E-state index in [1.807, 2.05) is 30.3 Å². The van der Waals surface area contributed by atoms with E-state index in [9.17, 15) is 14.4 Å². The molecule has 0 aliphatic heterocycles. The highest BCUT2D eigenvalue weighted by Crippen LogP contribution is 2.24. The number of hydrogen-bond acceptors (Lipinski definition) is 7. The number of nitrogens with one attached hydrogen (secondary N) is 1. The molecule has 1 amide bonds. The predicted molar refractivity (Wildman–Crippen MR) is 116 cm³/mol. The van der Waals surface area contributed by atoms with Crippen LogP contribution in [0.2, 0.25) is 0 Å². The molecule has 0 bridgehead atoms. The van der Waals surface area contributed by atoms with Crippen LogP contribution in [0.1, 0.15) is 32.9 Å². The minimum atomic E-state index is -0.589. The van der Waals surface area contributed by atoms with E-state index in [0.29, 0.717) is 28.2 Å². The fourth-order valence-corrected chi connectivity index (χ4v) is 3.70. The van der Waals surface area contributed by atoms with Crippen molar-refractivity contribution in [2.45, 2.75) is 39.2 Å². The number of nitrogens with zero attached hydrogens (tertiary/aromatic N) is 2. The molecule has 0 spiro atoms. The van der Waals surface area contributed by atoms with Gasteiger partial charge in [-0.1, -0.05) is 18.2 Å². The van der Waals surface area contributed by atoms with Gasteiger partial charge in [-0.05, 0) is 51.5 Å². The average Bonchev–Trinajstić information content (AvgIpc) is 2.70. The lowest BCUT2D eigenvalue weighted by Crippen LogP contribution is -2.34. The van der Waals surface area contributed by atoms with Gasteiger partial charge in [0, 0.05) is 16.8 Å². The molecular formula is C22H23N3O4S. The highest BCUT2D eigenvalue weighted by atomic mass is 32.1. The second-order valence-electron chi connectivity index (χ2n) is 7.70. The summed E-state index contributed by atoms with van der Waals surface area (Å²) in [4.78, 5) is 44.7. The van der Waals surface area contributed by atoms with Gasteiger partial charge >= 0.3 is 5.97 Å². The van der Waals surface area contributed by atoms with Crippen molar-refractivity contribution in [1.82, 2.24) is 15.3 Å². The fraction of sp³-hybridized carbons (Fsp3) is 0.318. The van der Waals surface area contributed by atoms with Crippen LogP contribution < -0.4 is 10.9 Å². The summed E-state index contributed by atoms with van der Waals surface area (Å²) in [6.07, 6.45) is 0.580. The molecule has 0 saturated carbocycles. The van der Waals surface area contributed by atoms with Crippen molar-refractivity contribution in [2.75, 3.05) is 6.54 Å². The van der Waals surface area contributed by atoms with Crippen LogP contribution in [0.15, 0.2) is 47.3 Å². The zero-order chi connectivity index (χ0) is 21.7. The van der Waals surface area contributed by atoms with Gasteiger partial charge in [0.05, 0.1) is 11.1 Å². The third kappa shape index (κ3) is 5.93. The Labute approximate surface area is 178 Å². The second kappa shape index (κ2) is 9.13. The summed E-state index contributed by atoms with van der Waals surface area (Å²) in [7, 11) is 0.